The summed E-state index contributed by atoms with van der Waals surface area (Å²) in [4.78, 5) is 22.0. The van der Waals surface area contributed by atoms with Crippen molar-refractivity contribution in [3.8, 4) is 0 Å². The number of carbonyl (C=O) groups excluding carboxylic acids is 1. The van der Waals surface area contributed by atoms with Crippen LogP contribution >= 0.6 is 0 Å². The maximum Gasteiger partial charge on any atom is 0.322 e. The molecule has 1 N–H and O–H groups in total. The number of alkyl halides is 2. The van der Waals surface area contributed by atoms with Crippen molar-refractivity contribution in [2.45, 2.75) is 32.2 Å². The first-order valence-electron chi connectivity index (χ1n) is 9.41. The van der Waals surface area contributed by atoms with Crippen molar-refractivity contribution < 1.29 is 13.6 Å². The van der Waals surface area contributed by atoms with Crippen molar-refractivity contribution in [2.75, 3.05) is 18.4 Å². The maximum atomic E-state index is 13.4. The molecule has 11 heteroatoms. The van der Waals surface area contributed by atoms with Gasteiger partial charge in [0.05, 0.1) is 23.5 Å². The van der Waals surface area contributed by atoms with Crippen molar-refractivity contribution in [3.05, 3.63) is 24.8 Å². The Hall–Kier alpha value is -3.11. The molecule has 1 atom stereocenters. The molecule has 0 radical (unpaired) electrons. The van der Waals surface area contributed by atoms with Crippen LogP contribution in [0.1, 0.15) is 19.8 Å². The van der Waals surface area contributed by atoms with Gasteiger partial charge in [-0.1, -0.05) is 0 Å². The molecule has 154 valence electrons. The summed E-state index contributed by atoms with van der Waals surface area (Å²) in [7, 11) is 1.82. The van der Waals surface area contributed by atoms with Crippen LogP contribution in [0.5, 0.6) is 0 Å². The molecule has 0 spiro atoms. The monoisotopic (exact) mass is 404 g/mol. The third-order valence-corrected chi connectivity index (χ3v) is 4.95. The summed E-state index contributed by atoms with van der Waals surface area (Å²) in [6.45, 7) is 1.79. The minimum absolute atomic E-state index is 0.0304. The highest BCUT2D eigenvalue weighted by Gasteiger charge is 2.38. The molecule has 29 heavy (non-hydrogen) atoms. The van der Waals surface area contributed by atoms with E-state index in [1.165, 1.54) is 4.90 Å². The lowest BCUT2D eigenvalue weighted by Gasteiger charge is -2.34. The number of hydrogen-bond donors (Lipinski definition) is 1. The molecule has 1 saturated heterocycles. The molecule has 0 saturated carbocycles. The lowest BCUT2D eigenvalue weighted by molar-refractivity contribution is -0.156. The smallest absolute Gasteiger partial charge is 0.322 e. The number of hydrogen-bond acceptors (Lipinski definition) is 6. The number of anilines is 2. The van der Waals surface area contributed by atoms with Crippen molar-refractivity contribution in [1.29, 1.82) is 0 Å². The van der Waals surface area contributed by atoms with Crippen molar-refractivity contribution >= 4 is 28.6 Å². The zero-order valence-corrected chi connectivity index (χ0v) is 16.2. The fraction of sp³-hybridized carbons (Fsp3) is 0.500. The summed E-state index contributed by atoms with van der Waals surface area (Å²) >= 11 is 0. The summed E-state index contributed by atoms with van der Waals surface area (Å²) in [6.07, 6.45) is 8.36. The minimum atomic E-state index is -3.35. The zero-order chi connectivity index (χ0) is 20.6. The number of carbonyl (C=O) groups is 1. The van der Waals surface area contributed by atoms with Gasteiger partial charge in [-0.05, 0) is 18.8 Å². The topological polar surface area (TPSA) is 93.8 Å². The number of aryl methyl sites for hydroxylation is 1. The van der Waals surface area contributed by atoms with Crippen LogP contribution in [-0.4, -0.2) is 59.3 Å². The average molecular weight is 404 g/mol. The molecule has 1 aliphatic rings. The molecule has 9 nitrogen and oxygen atoms in total. The van der Waals surface area contributed by atoms with Gasteiger partial charge in [0.25, 0.3) is 5.91 Å². The van der Waals surface area contributed by atoms with Crippen LogP contribution in [0, 0.1) is 5.92 Å². The molecular formula is C18H22F2N8O. The van der Waals surface area contributed by atoms with Crippen LogP contribution < -0.4 is 5.32 Å². The predicted octanol–water partition coefficient (Wildman–Crippen LogP) is 2.20. The molecule has 0 bridgehead atoms. The second kappa shape index (κ2) is 7.37. The van der Waals surface area contributed by atoms with E-state index in [-0.39, 0.29) is 12.5 Å². The molecule has 0 aliphatic carbocycles. The molecule has 1 unspecified atom stereocenters. The van der Waals surface area contributed by atoms with E-state index in [1.54, 1.807) is 28.0 Å². The lowest BCUT2D eigenvalue weighted by atomic mass is 9.97. The molecule has 3 aromatic rings. The van der Waals surface area contributed by atoms with Gasteiger partial charge in [-0.2, -0.15) is 24.0 Å². The molecule has 0 aromatic carbocycles. The number of rotatable bonds is 5. The molecule has 4 heterocycles. The van der Waals surface area contributed by atoms with Crippen LogP contribution in [0.15, 0.2) is 24.8 Å². The van der Waals surface area contributed by atoms with E-state index in [0.29, 0.717) is 38.0 Å². The number of aromatic nitrogens is 6. The average Bonchev–Trinajstić information content (AvgIpc) is 3.27. The SMILES string of the molecule is Cn1cc(Nc2ncc3cnn(CC4CCCN(C(=O)C(C)(F)F)C4)c3n2)cn1. The Kier molecular flexibility index (Phi) is 4.89. The van der Waals surface area contributed by atoms with Gasteiger partial charge in [0.2, 0.25) is 5.95 Å². The molecule has 4 rings (SSSR count). The number of amides is 1. The molecule has 1 aliphatic heterocycles. The van der Waals surface area contributed by atoms with Gasteiger partial charge in [-0.25, -0.2) is 9.67 Å². The highest BCUT2D eigenvalue weighted by molar-refractivity contribution is 5.83. The highest BCUT2D eigenvalue weighted by Crippen LogP contribution is 2.24. The number of fused-ring (bicyclic) bond motifs is 1. The van der Waals surface area contributed by atoms with E-state index >= 15 is 0 Å². The first kappa shape index (κ1) is 19.2. The van der Waals surface area contributed by atoms with E-state index in [1.807, 2.05) is 13.2 Å². The van der Waals surface area contributed by atoms with Gasteiger partial charge in [0.15, 0.2) is 5.65 Å². The number of nitrogens with zero attached hydrogens (tertiary/aromatic N) is 7. The van der Waals surface area contributed by atoms with Gasteiger partial charge < -0.3 is 10.2 Å². The largest absolute Gasteiger partial charge is 0.337 e. The predicted molar refractivity (Wildman–Crippen MR) is 102 cm³/mol. The van der Waals surface area contributed by atoms with Gasteiger partial charge in [0, 0.05) is 46.0 Å². The Morgan fingerprint density at radius 1 is 1.31 bits per heavy atom. The second-order valence-electron chi connectivity index (χ2n) is 7.47. The first-order chi connectivity index (χ1) is 13.8. The maximum absolute atomic E-state index is 13.4. The number of piperidine rings is 1. The molecule has 3 aromatic heterocycles. The van der Waals surface area contributed by atoms with Gasteiger partial charge in [-0.3, -0.25) is 9.48 Å². The van der Waals surface area contributed by atoms with Crippen molar-refractivity contribution in [2.24, 2.45) is 13.0 Å². The van der Waals surface area contributed by atoms with E-state index in [2.05, 4.69) is 25.5 Å². The second-order valence-corrected chi connectivity index (χ2v) is 7.47. The van der Waals surface area contributed by atoms with Crippen LogP contribution in [0.3, 0.4) is 0 Å². The summed E-state index contributed by atoms with van der Waals surface area (Å²) in [5.74, 6) is -4.01. The van der Waals surface area contributed by atoms with Crippen molar-refractivity contribution in [3.63, 3.8) is 0 Å². The highest BCUT2D eigenvalue weighted by atomic mass is 19.3. The number of likely N-dealkylation sites (tertiary alicyclic amines) is 1. The van der Waals surface area contributed by atoms with Gasteiger partial charge >= 0.3 is 5.92 Å². The summed E-state index contributed by atoms with van der Waals surface area (Å²) < 4.78 is 30.2. The summed E-state index contributed by atoms with van der Waals surface area (Å²) in [5, 5.41) is 12.3. The summed E-state index contributed by atoms with van der Waals surface area (Å²) in [5.41, 5.74) is 1.41. The Morgan fingerprint density at radius 3 is 2.86 bits per heavy atom. The molecule has 1 amide bonds. The first-order valence-corrected chi connectivity index (χ1v) is 9.41. The van der Waals surface area contributed by atoms with Crippen LogP contribution in [0.25, 0.3) is 11.0 Å². The van der Waals surface area contributed by atoms with E-state index in [0.717, 1.165) is 17.5 Å². The Bertz CT molecular complexity index is 1020. The Morgan fingerprint density at radius 2 is 2.14 bits per heavy atom. The van der Waals surface area contributed by atoms with Crippen molar-refractivity contribution in [1.82, 2.24) is 34.4 Å². The van der Waals surface area contributed by atoms with E-state index < -0.39 is 11.8 Å². The molecule has 1 fully saturated rings. The van der Waals surface area contributed by atoms with E-state index in [4.69, 9.17) is 0 Å². The number of halogens is 2. The van der Waals surface area contributed by atoms with E-state index in [9.17, 15) is 13.6 Å². The quantitative estimate of drug-likeness (QED) is 0.701. The normalized spacial score (nSPS) is 17.7. The minimum Gasteiger partial charge on any atom is -0.337 e. The van der Waals surface area contributed by atoms with Crippen LogP contribution in [0.2, 0.25) is 0 Å². The van der Waals surface area contributed by atoms with Gasteiger partial charge in [0.1, 0.15) is 0 Å². The lowest BCUT2D eigenvalue weighted by Crippen LogP contribution is -2.47. The fourth-order valence-corrected chi connectivity index (χ4v) is 3.60. The van der Waals surface area contributed by atoms with Crippen LogP contribution in [0.4, 0.5) is 20.4 Å². The third kappa shape index (κ3) is 4.17. The number of nitrogens with one attached hydrogen (secondary N) is 1. The van der Waals surface area contributed by atoms with Gasteiger partial charge in [-0.15, -0.1) is 0 Å². The fourth-order valence-electron chi connectivity index (χ4n) is 3.60. The van der Waals surface area contributed by atoms with Crippen LogP contribution in [-0.2, 0) is 18.4 Å². The summed E-state index contributed by atoms with van der Waals surface area (Å²) in [6, 6.07) is 0. The standard InChI is InChI=1S/C18H22F2N8O/c1-18(19,20)16(29)27-5-3-4-12(9-27)10-28-15-13(7-23-28)6-21-17(25-15)24-14-8-22-26(2)11-14/h6-8,11-12H,3-5,9-10H2,1-2H3,(H,21,24,25). The Labute approximate surface area is 165 Å². The zero-order valence-electron chi connectivity index (χ0n) is 16.2. The Balaban J connectivity index is 1.50. The molecular weight excluding hydrogens is 382 g/mol. The third-order valence-electron chi connectivity index (χ3n) is 4.95.